The number of rotatable bonds is 3. The van der Waals surface area contributed by atoms with Gasteiger partial charge in [0.25, 0.3) is 5.91 Å². The van der Waals surface area contributed by atoms with Crippen LogP contribution >= 0.6 is 24.8 Å². The highest BCUT2D eigenvalue weighted by Gasteiger charge is 2.26. The zero-order valence-corrected chi connectivity index (χ0v) is 15.9. The molecule has 1 N–H and O–H groups in total. The van der Waals surface area contributed by atoms with Crippen LogP contribution in [0.4, 0.5) is 5.82 Å². The van der Waals surface area contributed by atoms with Crippen molar-refractivity contribution in [3.8, 4) is 0 Å². The molecule has 5 nitrogen and oxygen atoms in total. The fraction of sp³-hybridized carbons (Fsp3) is 0.647. The van der Waals surface area contributed by atoms with E-state index in [4.69, 9.17) is 0 Å². The largest absolute Gasteiger partial charge is 0.356 e. The van der Waals surface area contributed by atoms with Crippen molar-refractivity contribution < 1.29 is 4.79 Å². The lowest BCUT2D eigenvalue weighted by Crippen LogP contribution is -2.44. The fourth-order valence-electron chi connectivity index (χ4n) is 3.46. The Kier molecular flexibility index (Phi) is 8.81. The number of carbonyl (C=O) groups is 1. The van der Waals surface area contributed by atoms with Crippen LogP contribution in [0.15, 0.2) is 18.3 Å². The second-order valence-corrected chi connectivity index (χ2v) is 6.28. The van der Waals surface area contributed by atoms with Crippen LogP contribution in [0.3, 0.4) is 0 Å². The van der Waals surface area contributed by atoms with Gasteiger partial charge in [-0.2, -0.15) is 0 Å². The second kappa shape index (κ2) is 10.1. The zero-order chi connectivity index (χ0) is 15.4. The summed E-state index contributed by atoms with van der Waals surface area (Å²) in [6.07, 6.45) is 7.52. The minimum atomic E-state index is 0. The van der Waals surface area contributed by atoms with Gasteiger partial charge in [0.05, 0.1) is 5.56 Å². The third-order valence-electron chi connectivity index (χ3n) is 4.86. The third kappa shape index (κ3) is 4.74. The molecule has 2 fully saturated rings. The Morgan fingerprint density at radius 3 is 2.42 bits per heavy atom. The molecule has 1 aromatic rings. The molecule has 0 radical (unpaired) electrons. The molecular formula is C17H28Cl2N4O. The van der Waals surface area contributed by atoms with E-state index in [-0.39, 0.29) is 30.7 Å². The van der Waals surface area contributed by atoms with Crippen LogP contribution in [0.25, 0.3) is 0 Å². The lowest BCUT2D eigenvalue weighted by atomic mass is 10.0. The molecule has 3 rings (SSSR count). The SMILES string of the molecule is CNC1CCN(C(=O)c2cccnc2N2CCCCC2)CC1.Cl.Cl. The van der Waals surface area contributed by atoms with Crippen molar-refractivity contribution in [3.63, 3.8) is 0 Å². The molecule has 0 atom stereocenters. The molecule has 0 unspecified atom stereocenters. The molecule has 136 valence electrons. The predicted molar refractivity (Wildman–Crippen MR) is 103 cm³/mol. The summed E-state index contributed by atoms with van der Waals surface area (Å²) in [4.78, 5) is 21.7. The van der Waals surface area contributed by atoms with Gasteiger partial charge in [-0.15, -0.1) is 24.8 Å². The topological polar surface area (TPSA) is 48.5 Å². The maximum Gasteiger partial charge on any atom is 0.257 e. The van der Waals surface area contributed by atoms with Gasteiger partial charge in [0, 0.05) is 38.4 Å². The number of hydrogen-bond donors (Lipinski definition) is 1. The first kappa shape index (κ1) is 21.0. The number of nitrogens with one attached hydrogen (secondary N) is 1. The van der Waals surface area contributed by atoms with E-state index in [1.807, 2.05) is 24.1 Å². The molecule has 0 spiro atoms. The van der Waals surface area contributed by atoms with E-state index >= 15 is 0 Å². The summed E-state index contributed by atoms with van der Waals surface area (Å²) in [6, 6.07) is 4.35. The summed E-state index contributed by atoms with van der Waals surface area (Å²) in [7, 11) is 2.00. The number of halogens is 2. The lowest BCUT2D eigenvalue weighted by molar-refractivity contribution is 0.0707. The first-order valence-corrected chi connectivity index (χ1v) is 8.46. The van der Waals surface area contributed by atoms with E-state index in [0.29, 0.717) is 6.04 Å². The minimum absolute atomic E-state index is 0. The fourth-order valence-corrected chi connectivity index (χ4v) is 3.46. The molecule has 2 aliphatic heterocycles. The molecule has 7 heteroatoms. The van der Waals surface area contributed by atoms with Crippen LogP contribution in [-0.2, 0) is 0 Å². The van der Waals surface area contributed by atoms with Crippen molar-refractivity contribution in [2.24, 2.45) is 0 Å². The van der Waals surface area contributed by atoms with Gasteiger partial charge in [-0.05, 0) is 51.3 Å². The smallest absolute Gasteiger partial charge is 0.257 e. The number of amides is 1. The Morgan fingerprint density at radius 2 is 1.79 bits per heavy atom. The van der Waals surface area contributed by atoms with Crippen LogP contribution < -0.4 is 10.2 Å². The van der Waals surface area contributed by atoms with Gasteiger partial charge in [0.15, 0.2) is 0 Å². The molecule has 3 heterocycles. The molecular weight excluding hydrogens is 347 g/mol. The lowest BCUT2D eigenvalue weighted by Gasteiger charge is -2.34. The molecule has 0 saturated carbocycles. The van der Waals surface area contributed by atoms with Gasteiger partial charge >= 0.3 is 0 Å². The quantitative estimate of drug-likeness (QED) is 0.883. The molecule has 0 aromatic carbocycles. The number of piperidine rings is 2. The summed E-state index contributed by atoms with van der Waals surface area (Å²) in [5, 5.41) is 3.31. The Balaban J connectivity index is 0.00000144. The van der Waals surface area contributed by atoms with Crippen molar-refractivity contribution in [3.05, 3.63) is 23.9 Å². The summed E-state index contributed by atoms with van der Waals surface area (Å²) in [5.41, 5.74) is 0.771. The van der Waals surface area contributed by atoms with Crippen molar-refractivity contribution in [1.82, 2.24) is 15.2 Å². The molecule has 2 saturated heterocycles. The van der Waals surface area contributed by atoms with E-state index in [0.717, 1.165) is 50.4 Å². The van der Waals surface area contributed by atoms with Gasteiger partial charge in [-0.25, -0.2) is 4.98 Å². The standard InChI is InChI=1S/C17H26N4O.2ClH/c1-18-14-7-12-21(13-8-14)17(22)15-6-5-9-19-16(15)20-10-3-2-4-11-20;;/h5-6,9,14,18H,2-4,7-8,10-13H2,1H3;2*1H. The normalized spacial score (nSPS) is 18.5. The summed E-state index contributed by atoms with van der Waals surface area (Å²) in [6.45, 7) is 3.69. The van der Waals surface area contributed by atoms with E-state index in [2.05, 4.69) is 15.2 Å². The number of likely N-dealkylation sites (tertiary alicyclic amines) is 1. The number of aromatic nitrogens is 1. The van der Waals surface area contributed by atoms with Crippen molar-refractivity contribution in [2.45, 2.75) is 38.1 Å². The Bertz CT molecular complexity index is 515. The maximum absolute atomic E-state index is 12.9. The van der Waals surface area contributed by atoms with Crippen molar-refractivity contribution in [1.29, 1.82) is 0 Å². The average Bonchev–Trinajstić information content (AvgIpc) is 2.62. The van der Waals surface area contributed by atoms with Crippen LogP contribution in [0.5, 0.6) is 0 Å². The molecule has 0 aliphatic carbocycles. The van der Waals surface area contributed by atoms with Crippen LogP contribution in [0.2, 0.25) is 0 Å². The molecule has 1 aromatic heterocycles. The molecule has 2 aliphatic rings. The van der Waals surface area contributed by atoms with E-state index < -0.39 is 0 Å². The summed E-state index contributed by atoms with van der Waals surface area (Å²) in [5.74, 6) is 1.02. The van der Waals surface area contributed by atoms with Crippen LogP contribution in [-0.4, -0.2) is 55.1 Å². The Morgan fingerprint density at radius 1 is 1.12 bits per heavy atom. The average molecular weight is 375 g/mol. The summed E-state index contributed by atoms with van der Waals surface area (Å²) < 4.78 is 0. The van der Waals surface area contributed by atoms with Gasteiger partial charge in [-0.3, -0.25) is 4.79 Å². The number of nitrogens with zero attached hydrogens (tertiary/aromatic N) is 3. The first-order chi connectivity index (χ1) is 10.8. The Labute approximate surface area is 157 Å². The number of anilines is 1. The number of carbonyl (C=O) groups excluding carboxylic acids is 1. The predicted octanol–water partition coefficient (Wildman–Crippen LogP) is 2.74. The zero-order valence-electron chi connectivity index (χ0n) is 14.2. The first-order valence-electron chi connectivity index (χ1n) is 8.46. The van der Waals surface area contributed by atoms with E-state index in [1.54, 1.807) is 6.20 Å². The number of pyridine rings is 1. The highest BCUT2D eigenvalue weighted by Crippen LogP contribution is 2.24. The highest BCUT2D eigenvalue weighted by atomic mass is 35.5. The number of hydrogen-bond acceptors (Lipinski definition) is 4. The van der Waals surface area contributed by atoms with Gasteiger partial charge < -0.3 is 15.1 Å². The molecule has 0 bridgehead atoms. The van der Waals surface area contributed by atoms with Gasteiger partial charge in [0.1, 0.15) is 5.82 Å². The van der Waals surface area contributed by atoms with Crippen molar-refractivity contribution in [2.75, 3.05) is 38.1 Å². The van der Waals surface area contributed by atoms with Crippen molar-refractivity contribution >= 4 is 36.5 Å². The van der Waals surface area contributed by atoms with Gasteiger partial charge in [-0.1, -0.05) is 0 Å². The third-order valence-corrected chi connectivity index (χ3v) is 4.86. The highest BCUT2D eigenvalue weighted by molar-refractivity contribution is 5.99. The van der Waals surface area contributed by atoms with Gasteiger partial charge in [0.2, 0.25) is 0 Å². The van der Waals surface area contributed by atoms with Crippen LogP contribution in [0.1, 0.15) is 42.5 Å². The maximum atomic E-state index is 12.9. The van der Waals surface area contributed by atoms with Crippen LogP contribution in [0, 0.1) is 0 Å². The minimum Gasteiger partial charge on any atom is -0.356 e. The monoisotopic (exact) mass is 374 g/mol. The summed E-state index contributed by atoms with van der Waals surface area (Å²) >= 11 is 0. The Hall–Kier alpha value is -1.04. The second-order valence-electron chi connectivity index (χ2n) is 6.28. The van der Waals surface area contributed by atoms with E-state index in [1.165, 1.54) is 19.3 Å². The van der Waals surface area contributed by atoms with E-state index in [9.17, 15) is 4.79 Å². The molecule has 1 amide bonds. The molecule has 24 heavy (non-hydrogen) atoms.